The predicted molar refractivity (Wildman–Crippen MR) is 75.7 cm³/mol. The van der Waals surface area contributed by atoms with E-state index in [0.717, 1.165) is 10.0 Å². The second-order valence-electron chi connectivity index (χ2n) is 3.86. The molecule has 0 aliphatic rings. The number of aryl methyl sites for hydroxylation is 1. The minimum Gasteiger partial charge on any atom is -0.439 e. The molecular weight excluding hydrogens is 310 g/mol. The lowest BCUT2D eigenvalue weighted by Crippen LogP contribution is -2.14. The number of ether oxygens (including phenoxy) is 1. The highest BCUT2D eigenvalue weighted by Crippen LogP contribution is 2.26. The van der Waals surface area contributed by atoms with Gasteiger partial charge in [0.15, 0.2) is 5.84 Å². The third-order valence-corrected chi connectivity index (χ3v) is 2.94. The van der Waals surface area contributed by atoms with Crippen molar-refractivity contribution < 1.29 is 9.94 Å². The summed E-state index contributed by atoms with van der Waals surface area (Å²) in [6.07, 6.45) is 0. The molecule has 0 saturated heterocycles. The average molecular weight is 322 g/mol. The summed E-state index contributed by atoms with van der Waals surface area (Å²) in [7, 11) is 0. The first-order valence-electron chi connectivity index (χ1n) is 5.49. The van der Waals surface area contributed by atoms with Gasteiger partial charge in [-0.25, -0.2) is 4.98 Å². The van der Waals surface area contributed by atoms with Crippen molar-refractivity contribution in [3.63, 3.8) is 0 Å². The van der Waals surface area contributed by atoms with Gasteiger partial charge in [-0.2, -0.15) is 0 Å². The molecule has 19 heavy (non-hydrogen) atoms. The van der Waals surface area contributed by atoms with Gasteiger partial charge in [0.1, 0.15) is 11.4 Å². The van der Waals surface area contributed by atoms with E-state index in [2.05, 4.69) is 26.1 Å². The summed E-state index contributed by atoms with van der Waals surface area (Å²) >= 11 is 3.39. The molecule has 6 heteroatoms. The van der Waals surface area contributed by atoms with Crippen molar-refractivity contribution in [2.75, 3.05) is 0 Å². The molecule has 1 heterocycles. The van der Waals surface area contributed by atoms with E-state index in [-0.39, 0.29) is 5.84 Å². The number of hydrogen-bond acceptors (Lipinski definition) is 4. The Kier molecular flexibility index (Phi) is 4.01. The first-order valence-corrected chi connectivity index (χ1v) is 6.28. The molecule has 0 aliphatic heterocycles. The third kappa shape index (κ3) is 3.23. The lowest BCUT2D eigenvalue weighted by Gasteiger charge is -2.08. The molecule has 0 saturated carbocycles. The standard InChI is InChI=1S/C13H12BrN3O2/c1-8-7-9(14)5-6-11(8)19-12-4-2-3-10(16-12)13(15)17-18/h2-7,18H,1H3,(H2,15,17). The van der Waals surface area contributed by atoms with Gasteiger partial charge in [0.25, 0.3) is 0 Å². The molecule has 98 valence electrons. The van der Waals surface area contributed by atoms with Crippen LogP contribution in [0.5, 0.6) is 11.6 Å². The van der Waals surface area contributed by atoms with Crippen molar-refractivity contribution in [2.45, 2.75) is 6.92 Å². The van der Waals surface area contributed by atoms with Gasteiger partial charge in [0, 0.05) is 10.5 Å². The van der Waals surface area contributed by atoms with Gasteiger partial charge >= 0.3 is 0 Å². The molecule has 0 unspecified atom stereocenters. The number of aromatic nitrogens is 1. The zero-order valence-electron chi connectivity index (χ0n) is 10.2. The minimum absolute atomic E-state index is 0.0574. The van der Waals surface area contributed by atoms with E-state index in [4.69, 9.17) is 15.7 Å². The van der Waals surface area contributed by atoms with Crippen LogP contribution in [0.1, 0.15) is 11.3 Å². The third-order valence-electron chi connectivity index (χ3n) is 2.45. The largest absolute Gasteiger partial charge is 0.439 e. The molecule has 0 radical (unpaired) electrons. The molecule has 0 atom stereocenters. The van der Waals surface area contributed by atoms with E-state index in [0.29, 0.717) is 17.3 Å². The van der Waals surface area contributed by atoms with Crippen LogP contribution in [-0.4, -0.2) is 16.0 Å². The quantitative estimate of drug-likeness (QED) is 0.394. The Bertz CT molecular complexity index is 629. The number of pyridine rings is 1. The van der Waals surface area contributed by atoms with Crippen LogP contribution < -0.4 is 10.5 Å². The molecule has 2 rings (SSSR count). The number of benzene rings is 1. The lowest BCUT2D eigenvalue weighted by atomic mass is 10.2. The summed E-state index contributed by atoms with van der Waals surface area (Å²) in [6.45, 7) is 1.94. The topological polar surface area (TPSA) is 80.7 Å². The summed E-state index contributed by atoms with van der Waals surface area (Å²) in [4.78, 5) is 4.15. The van der Waals surface area contributed by atoms with Crippen molar-refractivity contribution in [1.29, 1.82) is 0 Å². The first-order chi connectivity index (χ1) is 9.10. The van der Waals surface area contributed by atoms with E-state index >= 15 is 0 Å². The lowest BCUT2D eigenvalue weighted by molar-refractivity contribution is 0.318. The zero-order chi connectivity index (χ0) is 13.8. The highest BCUT2D eigenvalue weighted by Gasteiger charge is 2.06. The maximum atomic E-state index is 8.62. The van der Waals surface area contributed by atoms with Gasteiger partial charge in [0.05, 0.1) is 0 Å². The van der Waals surface area contributed by atoms with Crippen LogP contribution in [0.4, 0.5) is 0 Å². The fraction of sp³-hybridized carbons (Fsp3) is 0.0769. The SMILES string of the molecule is Cc1cc(Br)ccc1Oc1cccc(C(N)=NO)n1. The number of halogens is 1. The van der Waals surface area contributed by atoms with Gasteiger partial charge < -0.3 is 15.7 Å². The van der Waals surface area contributed by atoms with Gasteiger partial charge in [-0.1, -0.05) is 27.2 Å². The van der Waals surface area contributed by atoms with Gasteiger partial charge in [-0.05, 0) is 36.8 Å². The second-order valence-corrected chi connectivity index (χ2v) is 4.77. The number of nitrogens with zero attached hydrogens (tertiary/aromatic N) is 2. The minimum atomic E-state index is -0.0574. The van der Waals surface area contributed by atoms with E-state index < -0.39 is 0 Å². The van der Waals surface area contributed by atoms with E-state index in [1.165, 1.54) is 0 Å². The Hall–Kier alpha value is -2.08. The van der Waals surface area contributed by atoms with Gasteiger partial charge in [-0.3, -0.25) is 0 Å². The molecule has 0 spiro atoms. The van der Waals surface area contributed by atoms with Crippen LogP contribution in [0.25, 0.3) is 0 Å². The van der Waals surface area contributed by atoms with Crippen molar-refractivity contribution in [1.82, 2.24) is 4.98 Å². The highest BCUT2D eigenvalue weighted by atomic mass is 79.9. The van der Waals surface area contributed by atoms with Crippen LogP contribution in [-0.2, 0) is 0 Å². The summed E-state index contributed by atoms with van der Waals surface area (Å²) in [5.41, 5.74) is 6.82. The Morgan fingerprint density at radius 2 is 2.16 bits per heavy atom. The van der Waals surface area contributed by atoms with Crippen molar-refractivity contribution in [3.05, 3.63) is 52.1 Å². The van der Waals surface area contributed by atoms with E-state index in [1.807, 2.05) is 25.1 Å². The Morgan fingerprint density at radius 3 is 2.84 bits per heavy atom. The highest BCUT2D eigenvalue weighted by molar-refractivity contribution is 9.10. The van der Waals surface area contributed by atoms with Crippen LogP contribution >= 0.6 is 15.9 Å². The molecule has 3 N–H and O–H groups in total. The maximum Gasteiger partial charge on any atom is 0.219 e. The fourth-order valence-electron chi connectivity index (χ4n) is 1.51. The zero-order valence-corrected chi connectivity index (χ0v) is 11.8. The molecule has 0 aliphatic carbocycles. The van der Waals surface area contributed by atoms with Crippen molar-refractivity contribution >= 4 is 21.8 Å². The average Bonchev–Trinajstić information content (AvgIpc) is 2.41. The van der Waals surface area contributed by atoms with Gasteiger partial charge in [0.2, 0.25) is 5.88 Å². The number of oxime groups is 1. The Balaban J connectivity index is 2.28. The van der Waals surface area contributed by atoms with Crippen LogP contribution in [0.2, 0.25) is 0 Å². The summed E-state index contributed by atoms with van der Waals surface area (Å²) in [5.74, 6) is 1.03. The summed E-state index contributed by atoms with van der Waals surface area (Å²) in [5, 5.41) is 11.5. The molecular formula is C13H12BrN3O2. The Morgan fingerprint density at radius 1 is 1.37 bits per heavy atom. The smallest absolute Gasteiger partial charge is 0.219 e. The molecule has 0 amide bonds. The first kappa shape index (κ1) is 13.4. The number of amidine groups is 1. The summed E-state index contributed by atoms with van der Waals surface area (Å²) in [6, 6.07) is 10.7. The monoisotopic (exact) mass is 321 g/mol. The molecule has 1 aromatic heterocycles. The van der Waals surface area contributed by atoms with Crippen molar-refractivity contribution in [2.24, 2.45) is 10.9 Å². The molecule has 0 bridgehead atoms. The number of hydrogen-bond donors (Lipinski definition) is 2. The van der Waals surface area contributed by atoms with Crippen LogP contribution in [0.3, 0.4) is 0 Å². The van der Waals surface area contributed by atoms with E-state index in [9.17, 15) is 0 Å². The molecule has 0 fully saturated rings. The maximum absolute atomic E-state index is 8.62. The normalized spacial score (nSPS) is 11.4. The number of nitrogens with two attached hydrogens (primary N) is 1. The Labute approximate surface area is 118 Å². The van der Waals surface area contributed by atoms with Crippen LogP contribution in [0.15, 0.2) is 46.0 Å². The summed E-state index contributed by atoms with van der Waals surface area (Å²) < 4.78 is 6.66. The molecule has 2 aromatic rings. The van der Waals surface area contributed by atoms with Crippen LogP contribution in [0, 0.1) is 6.92 Å². The predicted octanol–water partition coefficient (Wildman–Crippen LogP) is 3.04. The fourth-order valence-corrected chi connectivity index (χ4v) is 1.98. The van der Waals surface area contributed by atoms with Gasteiger partial charge in [-0.15, -0.1) is 0 Å². The van der Waals surface area contributed by atoms with E-state index in [1.54, 1.807) is 18.2 Å². The second kappa shape index (κ2) is 5.71. The van der Waals surface area contributed by atoms with Crippen molar-refractivity contribution in [3.8, 4) is 11.6 Å². The molecule has 5 nitrogen and oxygen atoms in total. The number of rotatable bonds is 3. The molecule has 1 aromatic carbocycles.